The van der Waals surface area contributed by atoms with Gasteiger partial charge in [0, 0.05) is 26.2 Å². The summed E-state index contributed by atoms with van der Waals surface area (Å²) in [7, 11) is 1.65. The van der Waals surface area contributed by atoms with Gasteiger partial charge in [0.25, 0.3) is 11.5 Å². The van der Waals surface area contributed by atoms with Crippen molar-refractivity contribution in [1.29, 1.82) is 0 Å². The Bertz CT molecular complexity index is 1040. The van der Waals surface area contributed by atoms with Crippen LogP contribution in [0.2, 0.25) is 0 Å². The average Bonchev–Trinajstić information content (AvgIpc) is 2.73. The lowest BCUT2D eigenvalue weighted by Crippen LogP contribution is -2.49. The van der Waals surface area contributed by atoms with Crippen molar-refractivity contribution in [3.8, 4) is 5.75 Å². The van der Waals surface area contributed by atoms with Crippen molar-refractivity contribution >= 4 is 22.5 Å². The van der Waals surface area contributed by atoms with E-state index in [1.54, 1.807) is 36.3 Å². The zero-order valence-corrected chi connectivity index (χ0v) is 15.0. The Morgan fingerprint density at radius 2 is 1.74 bits per heavy atom. The number of nitrogens with one attached hydrogen (secondary N) is 1. The number of para-hydroxylation sites is 3. The van der Waals surface area contributed by atoms with Crippen molar-refractivity contribution in [2.24, 2.45) is 0 Å². The molecule has 0 saturated carbocycles. The number of carbonyl (C=O) groups excluding carboxylic acids is 1. The highest BCUT2D eigenvalue weighted by Crippen LogP contribution is 2.28. The number of ether oxygens (including phenoxy) is 1. The molecular weight excluding hydrogens is 344 g/mol. The van der Waals surface area contributed by atoms with E-state index in [4.69, 9.17) is 4.74 Å². The Balaban J connectivity index is 1.51. The first-order valence-corrected chi connectivity index (χ1v) is 8.83. The lowest BCUT2D eigenvalue weighted by molar-refractivity contribution is 0.0734. The number of hydrogen-bond donors (Lipinski definition) is 1. The number of piperazine rings is 1. The van der Waals surface area contributed by atoms with Crippen LogP contribution in [0.1, 0.15) is 10.6 Å². The van der Waals surface area contributed by atoms with Crippen LogP contribution in [0.15, 0.2) is 53.3 Å². The third-order valence-electron chi connectivity index (χ3n) is 4.81. The van der Waals surface area contributed by atoms with Gasteiger partial charge in [-0.15, -0.1) is 0 Å². The molecule has 1 aliphatic heterocycles. The highest BCUT2D eigenvalue weighted by molar-refractivity contribution is 5.92. The molecule has 7 nitrogen and oxygen atoms in total. The molecule has 0 spiro atoms. The van der Waals surface area contributed by atoms with Gasteiger partial charge in [-0.2, -0.15) is 0 Å². The van der Waals surface area contributed by atoms with Gasteiger partial charge >= 0.3 is 0 Å². The molecule has 0 radical (unpaired) electrons. The number of anilines is 1. The summed E-state index contributed by atoms with van der Waals surface area (Å²) in [5.41, 5.74) is 1.25. The van der Waals surface area contributed by atoms with Crippen LogP contribution in [0.25, 0.3) is 10.9 Å². The minimum atomic E-state index is -0.295. The fraction of sp³-hybridized carbons (Fsp3) is 0.250. The number of hydrogen-bond acceptors (Lipinski definition) is 5. The lowest BCUT2D eigenvalue weighted by Gasteiger charge is -2.36. The van der Waals surface area contributed by atoms with Crippen LogP contribution in [0.5, 0.6) is 5.75 Å². The molecule has 1 saturated heterocycles. The van der Waals surface area contributed by atoms with Gasteiger partial charge in [0.1, 0.15) is 5.75 Å². The average molecular weight is 364 g/mol. The summed E-state index contributed by atoms with van der Waals surface area (Å²) < 4.78 is 5.42. The number of aromatic amines is 1. The minimum Gasteiger partial charge on any atom is -0.495 e. The van der Waals surface area contributed by atoms with E-state index in [1.807, 2.05) is 24.3 Å². The first-order valence-electron chi connectivity index (χ1n) is 8.83. The number of aromatic nitrogens is 2. The highest BCUT2D eigenvalue weighted by atomic mass is 16.5. The van der Waals surface area contributed by atoms with Gasteiger partial charge in [0.15, 0.2) is 5.82 Å². The Labute approximate surface area is 156 Å². The van der Waals surface area contributed by atoms with Crippen LogP contribution in [0, 0.1) is 0 Å². The number of nitrogens with zero attached hydrogens (tertiary/aromatic N) is 3. The van der Waals surface area contributed by atoms with E-state index in [-0.39, 0.29) is 17.3 Å². The molecule has 7 heteroatoms. The summed E-state index contributed by atoms with van der Waals surface area (Å²) >= 11 is 0. The Morgan fingerprint density at radius 3 is 2.52 bits per heavy atom. The Kier molecular flexibility index (Phi) is 4.50. The molecule has 2 aromatic carbocycles. The molecular formula is C20H20N4O3. The van der Waals surface area contributed by atoms with E-state index in [0.29, 0.717) is 37.1 Å². The van der Waals surface area contributed by atoms with Crippen molar-refractivity contribution in [2.75, 3.05) is 38.2 Å². The van der Waals surface area contributed by atoms with Crippen molar-refractivity contribution in [2.45, 2.75) is 0 Å². The Morgan fingerprint density at radius 1 is 1.04 bits per heavy atom. The molecule has 0 bridgehead atoms. The molecule has 1 aromatic heterocycles. The lowest BCUT2D eigenvalue weighted by atomic mass is 10.2. The largest absolute Gasteiger partial charge is 0.495 e. The SMILES string of the molecule is COc1ccccc1N1CCN(C(=O)c2nc3ccccc3c(=O)[nH]2)CC1. The van der Waals surface area contributed by atoms with Gasteiger partial charge in [-0.3, -0.25) is 9.59 Å². The molecule has 138 valence electrons. The predicted octanol–water partition coefficient (Wildman–Crippen LogP) is 1.89. The summed E-state index contributed by atoms with van der Waals surface area (Å²) in [6, 6.07) is 14.9. The fourth-order valence-corrected chi connectivity index (χ4v) is 3.38. The molecule has 2 heterocycles. The van der Waals surface area contributed by atoms with Crippen LogP contribution < -0.4 is 15.2 Å². The summed E-state index contributed by atoms with van der Waals surface area (Å²) in [6.07, 6.45) is 0. The minimum absolute atomic E-state index is 0.0874. The maximum Gasteiger partial charge on any atom is 0.289 e. The van der Waals surface area contributed by atoms with Gasteiger partial charge in [0.2, 0.25) is 0 Å². The maximum atomic E-state index is 12.8. The number of H-pyrrole nitrogens is 1. The number of methoxy groups -OCH3 is 1. The first kappa shape index (κ1) is 17.1. The van der Waals surface area contributed by atoms with Crippen LogP contribution in [-0.2, 0) is 0 Å². The topological polar surface area (TPSA) is 78.5 Å². The second-order valence-electron chi connectivity index (χ2n) is 6.38. The second-order valence-corrected chi connectivity index (χ2v) is 6.38. The van der Waals surface area contributed by atoms with E-state index in [9.17, 15) is 9.59 Å². The quantitative estimate of drug-likeness (QED) is 0.768. The van der Waals surface area contributed by atoms with Gasteiger partial charge < -0.3 is 19.5 Å². The molecule has 0 unspecified atom stereocenters. The van der Waals surface area contributed by atoms with Gasteiger partial charge in [-0.25, -0.2) is 4.98 Å². The zero-order valence-electron chi connectivity index (χ0n) is 15.0. The van der Waals surface area contributed by atoms with E-state index in [0.717, 1.165) is 11.4 Å². The van der Waals surface area contributed by atoms with E-state index < -0.39 is 0 Å². The van der Waals surface area contributed by atoms with Crippen molar-refractivity contribution < 1.29 is 9.53 Å². The highest BCUT2D eigenvalue weighted by Gasteiger charge is 2.25. The standard InChI is InChI=1S/C20H20N4O3/c1-27-17-9-5-4-8-16(17)23-10-12-24(13-11-23)20(26)18-21-15-7-3-2-6-14(15)19(25)22-18/h2-9H,10-13H2,1H3,(H,21,22,25). The number of fused-ring (bicyclic) bond motifs is 1. The van der Waals surface area contributed by atoms with E-state index >= 15 is 0 Å². The van der Waals surface area contributed by atoms with Gasteiger partial charge in [0.05, 0.1) is 23.7 Å². The van der Waals surface area contributed by atoms with Crippen LogP contribution >= 0.6 is 0 Å². The number of carbonyl (C=O) groups is 1. The number of amides is 1. The summed E-state index contributed by atoms with van der Waals surface area (Å²) in [5, 5.41) is 0.482. The third-order valence-corrected chi connectivity index (χ3v) is 4.81. The second kappa shape index (κ2) is 7.11. The molecule has 4 rings (SSSR count). The molecule has 0 atom stereocenters. The molecule has 1 fully saturated rings. The third kappa shape index (κ3) is 3.23. The van der Waals surface area contributed by atoms with E-state index in [2.05, 4.69) is 14.9 Å². The van der Waals surface area contributed by atoms with E-state index in [1.165, 1.54) is 0 Å². The molecule has 3 aromatic rings. The molecule has 0 aliphatic carbocycles. The first-order chi connectivity index (χ1) is 13.2. The Hall–Kier alpha value is -3.35. The van der Waals surface area contributed by atoms with Crippen LogP contribution in [0.4, 0.5) is 5.69 Å². The zero-order chi connectivity index (χ0) is 18.8. The molecule has 27 heavy (non-hydrogen) atoms. The number of rotatable bonds is 3. The predicted molar refractivity (Wildman–Crippen MR) is 103 cm³/mol. The van der Waals surface area contributed by atoms with Crippen molar-refractivity contribution in [1.82, 2.24) is 14.9 Å². The van der Waals surface area contributed by atoms with Crippen LogP contribution in [-0.4, -0.2) is 54.1 Å². The fourth-order valence-electron chi connectivity index (χ4n) is 3.38. The van der Waals surface area contributed by atoms with Gasteiger partial charge in [-0.05, 0) is 24.3 Å². The monoisotopic (exact) mass is 364 g/mol. The normalized spacial score (nSPS) is 14.4. The molecule has 1 aliphatic rings. The molecule has 1 amide bonds. The van der Waals surface area contributed by atoms with Crippen molar-refractivity contribution in [3.05, 3.63) is 64.7 Å². The summed E-state index contributed by atoms with van der Waals surface area (Å²) in [5.74, 6) is 0.653. The smallest absolute Gasteiger partial charge is 0.289 e. The molecule has 1 N–H and O–H groups in total. The maximum absolute atomic E-state index is 12.8. The van der Waals surface area contributed by atoms with Crippen molar-refractivity contribution in [3.63, 3.8) is 0 Å². The van der Waals surface area contributed by atoms with Crippen LogP contribution in [0.3, 0.4) is 0 Å². The summed E-state index contributed by atoms with van der Waals surface area (Å²) in [6.45, 7) is 2.47. The summed E-state index contributed by atoms with van der Waals surface area (Å²) in [4.78, 5) is 35.9. The van der Waals surface area contributed by atoms with Gasteiger partial charge in [-0.1, -0.05) is 24.3 Å². The number of benzene rings is 2.